The summed E-state index contributed by atoms with van der Waals surface area (Å²) in [5.41, 5.74) is 1.10. The monoisotopic (exact) mass is 394 g/mol. The standard InChI is InChI=1S/C13H10Br2F2S/c1-6-3-7(2)18-13(6)12(15)11-9(16)4-8(14)5-10(11)17/h3-5,12H,1-2H3. The van der Waals surface area contributed by atoms with Gasteiger partial charge in [-0.1, -0.05) is 31.9 Å². The van der Waals surface area contributed by atoms with Gasteiger partial charge >= 0.3 is 0 Å². The van der Waals surface area contributed by atoms with Gasteiger partial charge in [0.1, 0.15) is 11.6 Å². The zero-order valence-corrected chi connectivity index (χ0v) is 13.7. The topological polar surface area (TPSA) is 0 Å². The average Bonchev–Trinajstić information content (AvgIpc) is 2.56. The van der Waals surface area contributed by atoms with Gasteiger partial charge in [-0.15, -0.1) is 11.3 Å². The highest BCUT2D eigenvalue weighted by Crippen LogP contribution is 2.40. The Bertz CT molecular complexity index is 570. The lowest BCUT2D eigenvalue weighted by Gasteiger charge is -2.12. The lowest BCUT2D eigenvalue weighted by molar-refractivity contribution is 0.560. The number of alkyl halides is 1. The van der Waals surface area contributed by atoms with Crippen LogP contribution in [-0.4, -0.2) is 0 Å². The highest BCUT2D eigenvalue weighted by molar-refractivity contribution is 9.10. The van der Waals surface area contributed by atoms with Crippen LogP contribution in [0, 0.1) is 25.5 Å². The van der Waals surface area contributed by atoms with Crippen molar-refractivity contribution in [2.45, 2.75) is 18.7 Å². The zero-order valence-electron chi connectivity index (χ0n) is 9.73. The quantitative estimate of drug-likeness (QED) is 0.556. The average molecular weight is 396 g/mol. The van der Waals surface area contributed by atoms with E-state index in [4.69, 9.17) is 0 Å². The van der Waals surface area contributed by atoms with Crippen LogP contribution in [0.25, 0.3) is 0 Å². The van der Waals surface area contributed by atoms with E-state index in [0.29, 0.717) is 4.47 Å². The molecule has 1 aromatic carbocycles. The van der Waals surface area contributed by atoms with Gasteiger partial charge in [-0.3, -0.25) is 0 Å². The second kappa shape index (κ2) is 5.39. The fourth-order valence-electron chi connectivity index (χ4n) is 1.84. The molecule has 2 aromatic rings. The molecule has 1 unspecified atom stereocenters. The number of aryl methyl sites for hydroxylation is 2. The summed E-state index contributed by atoms with van der Waals surface area (Å²) < 4.78 is 28.2. The second-order valence-electron chi connectivity index (χ2n) is 4.05. The second-order valence-corrected chi connectivity index (χ2v) is 7.17. The maximum absolute atomic E-state index is 13.9. The van der Waals surface area contributed by atoms with E-state index in [0.717, 1.165) is 15.3 Å². The van der Waals surface area contributed by atoms with Gasteiger partial charge in [-0.05, 0) is 37.6 Å². The Balaban J connectivity index is 2.52. The summed E-state index contributed by atoms with van der Waals surface area (Å²) in [6.07, 6.45) is 0. The summed E-state index contributed by atoms with van der Waals surface area (Å²) in [7, 11) is 0. The van der Waals surface area contributed by atoms with Crippen LogP contribution in [0.4, 0.5) is 8.78 Å². The van der Waals surface area contributed by atoms with Gasteiger partial charge in [0.2, 0.25) is 0 Å². The third kappa shape index (κ3) is 2.68. The molecule has 18 heavy (non-hydrogen) atoms. The molecule has 5 heteroatoms. The fraction of sp³-hybridized carbons (Fsp3) is 0.231. The van der Waals surface area contributed by atoms with Gasteiger partial charge in [0.15, 0.2) is 0 Å². The van der Waals surface area contributed by atoms with Gasteiger partial charge in [0.05, 0.1) is 4.83 Å². The molecule has 0 spiro atoms. The number of thiophene rings is 1. The maximum Gasteiger partial charge on any atom is 0.131 e. The molecule has 0 aliphatic carbocycles. The van der Waals surface area contributed by atoms with E-state index in [1.807, 2.05) is 19.9 Å². The van der Waals surface area contributed by atoms with Crippen molar-refractivity contribution in [2.75, 3.05) is 0 Å². The molecule has 96 valence electrons. The van der Waals surface area contributed by atoms with Crippen molar-refractivity contribution in [1.29, 1.82) is 0 Å². The van der Waals surface area contributed by atoms with Gasteiger partial charge in [-0.2, -0.15) is 0 Å². The Morgan fingerprint density at radius 2 is 1.67 bits per heavy atom. The van der Waals surface area contributed by atoms with E-state index in [1.54, 1.807) is 11.3 Å². The Morgan fingerprint density at radius 1 is 1.11 bits per heavy atom. The van der Waals surface area contributed by atoms with Crippen LogP contribution in [-0.2, 0) is 0 Å². The Labute approximate surface area is 125 Å². The molecule has 0 fully saturated rings. The first-order valence-corrected chi connectivity index (χ1v) is 7.78. The minimum atomic E-state index is -0.547. The van der Waals surface area contributed by atoms with Gasteiger partial charge in [0, 0.05) is 19.8 Å². The Kier molecular flexibility index (Phi) is 4.24. The molecule has 2 rings (SSSR count). The molecule has 0 amide bonds. The summed E-state index contributed by atoms with van der Waals surface area (Å²) in [6.45, 7) is 3.93. The summed E-state index contributed by atoms with van der Waals surface area (Å²) in [5, 5.41) is 0. The number of benzene rings is 1. The summed E-state index contributed by atoms with van der Waals surface area (Å²) in [5.74, 6) is -1.09. The predicted octanol–water partition coefficient (Wildman–Crippen LogP) is 5.89. The summed E-state index contributed by atoms with van der Waals surface area (Å²) >= 11 is 8.02. The van der Waals surface area contributed by atoms with Gasteiger partial charge in [0.25, 0.3) is 0 Å². The SMILES string of the molecule is Cc1cc(C)c(C(Br)c2c(F)cc(Br)cc2F)s1. The van der Waals surface area contributed by atoms with E-state index in [1.165, 1.54) is 12.1 Å². The first-order valence-electron chi connectivity index (χ1n) is 5.25. The molecule has 0 aliphatic heterocycles. The normalized spacial score (nSPS) is 12.8. The number of halogens is 4. The molecule has 0 saturated heterocycles. The smallest absolute Gasteiger partial charge is 0.131 e. The number of rotatable bonds is 2. The molecular weight excluding hydrogens is 386 g/mol. The number of hydrogen-bond donors (Lipinski definition) is 0. The summed E-state index contributed by atoms with van der Waals surface area (Å²) in [6, 6.07) is 4.58. The van der Waals surface area contributed by atoms with Crippen molar-refractivity contribution in [3.63, 3.8) is 0 Å². The lowest BCUT2D eigenvalue weighted by Crippen LogP contribution is -2.00. The van der Waals surface area contributed by atoms with Crippen molar-refractivity contribution >= 4 is 43.2 Å². The van der Waals surface area contributed by atoms with Crippen LogP contribution in [0.5, 0.6) is 0 Å². The van der Waals surface area contributed by atoms with Crippen LogP contribution in [0.2, 0.25) is 0 Å². The molecule has 0 N–H and O–H groups in total. The van der Waals surface area contributed by atoms with Crippen LogP contribution in [0.1, 0.15) is 25.7 Å². The minimum absolute atomic E-state index is 0.0585. The molecule has 0 aliphatic rings. The largest absolute Gasteiger partial charge is 0.206 e. The highest BCUT2D eigenvalue weighted by atomic mass is 79.9. The van der Waals surface area contributed by atoms with Crippen LogP contribution in [0.15, 0.2) is 22.7 Å². The molecule has 1 heterocycles. The van der Waals surface area contributed by atoms with Crippen molar-refractivity contribution in [3.8, 4) is 0 Å². The van der Waals surface area contributed by atoms with Crippen LogP contribution >= 0.6 is 43.2 Å². The summed E-state index contributed by atoms with van der Waals surface area (Å²) in [4.78, 5) is 1.61. The molecular formula is C13H10Br2F2S. The van der Waals surface area contributed by atoms with Crippen LogP contribution in [0.3, 0.4) is 0 Å². The molecule has 0 saturated carbocycles. The van der Waals surface area contributed by atoms with Crippen molar-refractivity contribution in [1.82, 2.24) is 0 Å². The predicted molar refractivity (Wildman–Crippen MR) is 78.6 cm³/mol. The number of hydrogen-bond acceptors (Lipinski definition) is 1. The maximum atomic E-state index is 13.9. The van der Waals surface area contributed by atoms with Gasteiger partial charge in [-0.25, -0.2) is 8.78 Å². The Morgan fingerprint density at radius 3 is 2.11 bits per heavy atom. The molecule has 1 aromatic heterocycles. The molecule has 0 nitrogen and oxygen atoms in total. The third-order valence-corrected chi connectivity index (χ3v) is 5.50. The van der Waals surface area contributed by atoms with Crippen LogP contribution < -0.4 is 0 Å². The van der Waals surface area contributed by atoms with Crippen molar-refractivity contribution < 1.29 is 8.78 Å². The minimum Gasteiger partial charge on any atom is -0.206 e. The van der Waals surface area contributed by atoms with E-state index >= 15 is 0 Å². The van der Waals surface area contributed by atoms with E-state index in [9.17, 15) is 8.78 Å². The lowest BCUT2D eigenvalue weighted by atomic mass is 10.1. The van der Waals surface area contributed by atoms with E-state index in [2.05, 4.69) is 31.9 Å². The van der Waals surface area contributed by atoms with Crippen molar-refractivity contribution in [2.24, 2.45) is 0 Å². The third-order valence-electron chi connectivity index (χ3n) is 2.61. The molecule has 0 radical (unpaired) electrons. The van der Waals surface area contributed by atoms with E-state index in [-0.39, 0.29) is 5.56 Å². The first-order chi connectivity index (χ1) is 8.40. The van der Waals surface area contributed by atoms with Gasteiger partial charge < -0.3 is 0 Å². The van der Waals surface area contributed by atoms with E-state index < -0.39 is 16.5 Å². The zero-order chi connectivity index (χ0) is 13.4. The fourth-order valence-corrected chi connectivity index (χ4v) is 4.34. The molecule has 1 atom stereocenters. The van der Waals surface area contributed by atoms with Crippen molar-refractivity contribution in [3.05, 3.63) is 55.2 Å². The molecule has 0 bridgehead atoms. The first kappa shape index (κ1) is 14.2. The highest BCUT2D eigenvalue weighted by Gasteiger charge is 2.23. The Hall–Kier alpha value is -0.260.